The van der Waals surface area contributed by atoms with Gasteiger partial charge >= 0.3 is 5.97 Å². The van der Waals surface area contributed by atoms with Gasteiger partial charge in [-0.05, 0) is 12.5 Å². The molecule has 0 fully saturated rings. The monoisotopic (exact) mass is 420 g/mol. The molecule has 5 nitrogen and oxygen atoms in total. The van der Waals surface area contributed by atoms with Crippen LogP contribution in [0.4, 0.5) is 11.4 Å². The van der Waals surface area contributed by atoms with Crippen molar-refractivity contribution in [1.29, 1.82) is 0 Å². The van der Waals surface area contributed by atoms with Crippen molar-refractivity contribution in [2.45, 2.75) is 20.8 Å². The molecule has 0 unspecified atom stereocenters. The second-order valence-electron chi connectivity index (χ2n) is 5.04. The number of methoxy groups -OCH3 is 1. The Morgan fingerprint density at radius 1 is 1.29 bits per heavy atom. The minimum Gasteiger partial charge on any atom is -0.464 e. The summed E-state index contributed by atoms with van der Waals surface area (Å²) in [5.74, 6) is -0.963. The topological polar surface area (TPSA) is 68.3 Å². The Morgan fingerprint density at radius 3 is 2.50 bits per heavy atom. The predicted molar refractivity (Wildman–Crippen MR) is 88.6 cm³/mol. The summed E-state index contributed by atoms with van der Waals surface area (Å²) in [7, 11) is 1.26. The van der Waals surface area contributed by atoms with E-state index in [2.05, 4.69) is 16.4 Å². The molecule has 0 aliphatic heterocycles. The summed E-state index contributed by atoms with van der Waals surface area (Å²) >= 11 is 6.24. The molecule has 1 N–H and O–H groups in total. The van der Waals surface area contributed by atoms with Gasteiger partial charge in [0.2, 0.25) is 0 Å². The molecule has 7 heteroatoms. The number of benzene rings is 1. The molecule has 0 atom stereocenters. The summed E-state index contributed by atoms with van der Waals surface area (Å²) in [5, 5.41) is 3.37. The van der Waals surface area contributed by atoms with Crippen LogP contribution in [0.1, 0.15) is 39.0 Å². The molecule has 1 aromatic heterocycles. The molecule has 0 amide bonds. The Bertz CT molecular complexity index is 794. The Morgan fingerprint density at radius 2 is 1.96 bits per heavy atom. The molecule has 0 aliphatic rings. The molecule has 123 valence electrons. The fourth-order valence-corrected chi connectivity index (χ4v) is 2.37. The zero-order chi connectivity index (χ0) is 17.1. The average Bonchev–Trinajstić information content (AvgIpc) is 2.52. The summed E-state index contributed by atoms with van der Waals surface area (Å²) in [6, 6.07) is 8.35. The van der Waals surface area contributed by atoms with Crippen molar-refractivity contribution >= 4 is 34.7 Å². The number of ether oxygens (including phenoxy) is 1. The van der Waals surface area contributed by atoms with Crippen LogP contribution in [0.3, 0.4) is 0 Å². The van der Waals surface area contributed by atoms with Crippen LogP contribution in [0.5, 0.6) is 0 Å². The number of aryl methyl sites for hydroxylation is 1. The first-order chi connectivity index (χ1) is 10.9. The average molecular weight is 421 g/mol. The summed E-state index contributed by atoms with van der Waals surface area (Å²) in [4.78, 5) is 27.8. The number of carbonyl (C=O) groups excluding carboxylic acids is 2. The van der Waals surface area contributed by atoms with Crippen molar-refractivity contribution in [1.82, 2.24) is 4.98 Å². The van der Waals surface area contributed by atoms with Crippen LogP contribution in [0, 0.1) is 19.9 Å². The van der Waals surface area contributed by atoms with Crippen molar-refractivity contribution < 1.29 is 47.0 Å². The molecule has 1 aromatic carbocycles. The number of halogens is 1. The first kappa shape index (κ1) is 20.7. The van der Waals surface area contributed by atoms with Crippen LogP contribution in [0.25, 0.3) is 0 Å². The quantitative estimate of drug-likeness (QED) is 0.462. The number of anilines is 2. The van der Waals surface area contributed by atoms with Crippen LogP contribution in [0.2, 0.25) is 5.02 Å². The summed E-state index contributed by atoms with van der Waals surface area (Å²) in [5.41, 5.74) is 2.76. The zero-order valence-corrected chi connectivity index (χ0v) is 17.5. The van der Waals surface area contributed by atoms with Crippen molar-refractivity contribution in [2.24, 2.45) is 0 Å². The van der Waals surface area contributed by atoms with E-state index in [9.17, 15) is 9.59 Å². The first-order valence-electron chi connectivity index (χ1n) is 6.89. The third-order valence-corrected chi connectivity index (χ3v) is 3.88. The Labute approximate surface area is 171 Å². The van der Waals surface area contributed by atoms with E-state index in [1.54, 1.807) is 13.0 Å². The van der Waals surface area contributed by atoms with Crippen LogP contribution >= 0.6 is 11.6 Å². The van der Waals surface area contributed by atoms with E-state index in [1.807, 2.05) is 19.1 Å². The standard InChI is InChI=1S/C17H16ClN2O3.Y/c1-9-7-5-6-8-12(9)19-14-10(2)13(18)15(11(3)21)20-16(14)17(22)23-4;/h6-8,19H,1-4H3;/q-1;. The molecule has 24 heavy (non-hydrogen) atoms. The molecule has 0 saturated carbocycles. The van der Waals surface area contributed by atoms with E-state index < -0.39 is 5.97 Å². The fourth-order valence-electron chi connectivity index (χ4n) is 2.10. The van der Waals surface area contributed by atoms with Crippen LogP contribution in [-0.2, 0) is 37.4 Å². The van der Waals surface area contributed by atoms with Crippen molar-refractivity contribution in [3.05, 3.63) is 51.8 Å². The summed E-state index contributed by atoms with van der Waals surface area (Å²) < 4.78 is 4.77. The number of esters is 1. The number of aromatic nitrogens is 1. The van der Waals surface area contributed by atoms with E-state index in [0.717, 1.165) is 11.3 Å². The number of hydrogen-bond acceptors (Lipinski definition) is 5. The first-order valence-corrected chi connectivity index (χ1v) is 7.27. The number of rotatable bonds is 4. The molecular weight excluding hydrogens is 405 g/mol. The van der Waals surface area contributed by atoms with Crippen LogP contribution < -0.4 is 5.32 Å². The molecule has 0 spiro atoms. The van der Waals surface area contributed by atoms with Gasteiger partial charge in [0.1, 0.15) is 5.69 Å². The molecular formula is C17H16ClN2O3Y-. The zero-order valence-electron chi connectivity index (χ0n) is 13.9. The summed E-state index contributed by atoms with van der Waals surface area (Å²) in [6.07, 6.45) is 0. The number of carbonyl (C=O) groups is 2. The third-order valence-electron chi connectivity index (χ3n) is 3.42. The predicted octanol–water partition coefficient (Wildman–Crippen LogP) is 3.88. The largest absolute Gasteiger partial charge is 0.464 e. The maximum absolute atomic E-state index is 12.1. The smallest absolute Gasteiger partial charge is 0.358 e. The Hall–Kier alpha value is -1.30. The van der Waals surface area contributed by atoms with Gasteiger partial charge in [0, 0.05) is 39.6 Å². The molecule has 0 saturated heterocycles. The second-order valence-corrected chi connectivity index (χ2v) is 5.41. The molecule has 2 aromatic rings. The van der Waals surface area contributed by atoms with Gasteiger partial charge < -0.3 is 10.1 Å². The van der Waals surface area contributed by atoms with Gasteiger partial charge in [-0.25, -0.2) is 9.78 Å². The van der Waals surface area contributed by atoms with Gasteiger partial charge in [-0.2, -0.15) is 18.2 Å². The van der Waals surface area contributed by atoms with E-state index in [-0.39, 0.29) is 54.9 Å². The van der Waals surface area contributed by atoms with E-state index >= 15 is 0 Å². The number of hydrogen-bond donors (Lipinski definition) is 1. The normalized spacial score (nSPS) is 9.88. The van der Waals surface area contributed by atoms with Gasteiger partial charge in [-0.3, -0.25) is 4.79 Å². The van der Waals surface area contributed by atoms with Gasteiger partial charge in [-0.15, -0.1) is 11.6 Å². The van der Waals surface area contributed by atoms with E-state index in [4.69, 9.17) is 16.3 Å². The van der Waals surface area contributed by atoms with Crippen molar-refractivity contribution in [2.75, 3.05) is 12.4 Å². The number of pyridine rings is 1. The van der Waals surface area contributed by atoms with Crippen LogP contribution in [0.15, 0.2) is 18.2 Å². The molecule has 0 bridgehead atoms. The minimum atomic E-state index is -0.644. The maximum Gasteiger partial charge on any atom is 0.358 e. The van der Waals surface area contributed by atoms with Crippen LogP contribution in [-0.4, -0.2) is 23.8 Å². The van der Waals surface area contributed by atoms with Gasteiger partial charge in [-0.1, -0.05) is 24.2 Å². The van der Waals surface area contributed by atoms with Crippen molar-refractivity contribution in [3.63, 3.8) is 0 Å². The fraction of sp³-hybridized carbons (Fsp3) is 0.235. The molecule has 1 heterocycles. The van der Waals surface area contributed by atoms with Crippen molar-refractivity contribution in [3.8, 4) is 0 Å². The molecule has 1 radical (unpaired) electrons. The minimum absolute atomic E-state index is 0. The van der Waals surface area contributed by atoms with Gasteiger partial charge in [0.15, 0.2) is 11.5 Å². The number of nitrogens with zero attached hydrogens (tertiary/aromatic N) is 1. The van der Waals surface area contributed by atoms with E-state index in [0.29, 0.717) is 11.3 Å². The Kier molecular flexibility index (Phi) is 7.52. The SMILES string of the molecule is COC(=O)c1nc(C(C)=O)c(Cl)c(C)c1Nc1cc[c-]cc1C.[Y]. The summed E-state index contributed by atoms with van der Waals surface area (Å²) in [6.45, 7) is 4.97. The number of nitrogens with one attached hydrogen (secondary N) is 1. The Balaban J connectivity index is 0.00000288. The van der Waals surface area contributed by atoms with Gasteiger partial charge in [0.05, 0.1) is 17.8 Å². The molecule has 0 aliphatic carbocycles. The second kappa shape index (κ2) is 8.70. The third kappa shape index (κ3) is 4.21. The molecule has 2 rings (SSSR count). The van der Waals surface area contributed by atoms with E-state index in [1.165, 1.54) is 14.0 Å². The maximum atomic E-state index is 12.1. The number of ketones is 1. The van der Waals surface area contributed by atoms with Gasteiger partial charge in [0.25, 0.3) is 0 Å². The number of Topliss-reactive ketones (excluding diaryl/α,β-unsaturated/α-hetero) is 1.